The number of rotatable bonds is 6. The van der Waals surface area contributed by atoms with E-state index in [0.717, 1.165) is 28.3 Å². The van der Waals surface area contributed by atoms with Gasteiger partial charge in [-0.1, -0.05) is 29.3 Å². The number of phenols is 1. The fourth-order valence-corrected chi connectivity index (χ4v) is 2.54. The third-order valence-corrected chi connectivity index (χ3v) is 3.64. The summed E-state index contributed by atoms with van der Waals surface area (Å²) in [6, 6.07) is 5.08. The molecule has 0 radical (unpaired) electrons. The molecule has 0 aromatic heterocycles. The van der Waals surface area contributed by atoms with E-state index in [1.54, 1.807) is 23.1 Å². The number of phenolic OH excluding ortho intramolecular Hbond substituents is 1. The van der Waals surface area contributed by atoms with Crippen molar-refractivity contribution in [3.05, 3.63) is 27.3 Å². The minimum absolute atomic E-state index is 0.0523. The first-order chi connectivity index (χ1) is 8.60. The molecule has 0 saturated carbocycles. The SMILES string of the molecule is CCCCN(CCBr)C(=O)c1cc(I)ccc1O. The van der Waals surface area contributed by atoms with Gasteiger partial charge < -0.3 is 10.0 Å². The molecule has 0 aliphatic carbocycles. The Bertz CT molecular complexity index is 412. The Kier molecular flexibility index (Phi) is 6.99. The molecule has 1 N–H and O–H groups in total. The smallest absolute Gasteiger partial charge is 0.257 e. The standard InChI is InChI=1S/C13H17BrINO2/c1-2-3-7-16(8-6-14)13(18)11-9-10(15)4-5-12(11)17/h4-5,9,17H,2-3,6-8H2,1H3. The van der Waals surface area contributed by atoms with Crippen LogP contribution in [-0.2, 0) is 0 Å². The van der Waals surface area contributed by atoms with Gasteiger partial charge in [0.15, 0.2) is 0 Å². The Hall–Kier alpha value is -0.300. The van der Waals surface area contributed by atoms with E-state index in [-0.39, 0.29) is 11.7 Å². The number of carbonyl (C=O) groups excluding carboxylic acids is 1. The Morgan fingerprint density at radius 2 is 2.17 bits per heavy atom. The van der Waals surface area contributed by atoms with Crippen molar-refractivity contribution < 1.29 is 9.90 Å². The number of aromatic hydroxyl groups is 1. The van der Waals surface area contributed by atoms with E-state index in [1.165, 1.54) is 0 Å². The lowest BCUT2D eigenvalue weighted by molar-refractivity contribution is 0.0761. The van der Waals surface area contributed by atoms with Crippen LogP contribution in [0.1, 0.15) is 30.1 Å². The Morgan fingerprint density at radius 1 is 1.44 bits per heavy atom. The molecule has 1 aromatic carbocycles. The quantitative estimate of drug-likeness (QED) is 0.558. The Labute approximate surface area is 130 Å². The second-order valence-corrected chi connectivity index (χ2v) is 6.03. The second kappa shape index (κ2) is 7.99. The molecular formula is C13H17BrINO2. The lowest BCUT2D eigenvalue weighted by Crippen LogP contribution is -2.33. The predicted octanol–water partition coefficient (Wildman–Crippen LogP) is 3.63. The monoisotopic (exact) mass is 425 g/mol. The molecule has 5 heteroatoms. The molecule has 0 heterocycles. The number of hydrogen-bond donors (Lipinski definition) is 1. The van der Waals surface area contributed by atoms with Crippen molar-refractivity contribution in [2.24, 2.45) is 0 Å². The number of amides is 1. The van der Waals surface area contributed by atoms with Crippen LogP contribution in [0.3, 0.4) is 0 Å². The first-order valence-corrected chi connectivity index (χ1v) is 8.14. The maximum atomic E-state index is 12.4. The van der Waals surface area contributed by atoms with Crippen LogP contribution in [0.15, 0.2) is 18.2 Å². The molecule has 0 atom stereocenters. The summed E-state index contributed by atoms with van der Waals surface area (Å²) in [6.07, 6.45) is 2.02. The van der Waals surface area contributed by atoms with Gasteiger partial charge in [0.25, 0.3) is 5.91 Å². The van der Waals surface area contributed by atoms with E-state index < -0.39 is 0 Å². The van der Waals surface area contributed by atoms with Crippen molar-refractivity contribution >= 4 is 44.4 Å². The third-order valence-electron chi connectivity index (χ3n) is 2.61. The fourth-order valence-electron chi connectivity index (χ4n) is 1.62. The van der Waals surface area contributed by atoms with Crippen LogP contribution in [-0.4, -0.2) is 34.3 Å². The summed E-state index contributed by atoms with van der Waals surface area (Å²) in [5.74, 6) is -0.0459. The van der Waals surface area contributed by atoms with Crippen LogP contribution in [0.2, 0.25) is 0 Å². The summed E-state index contributed by atoms with van der Waals surface area (Å²) >= 11 is 5.50. The molecule has 1 amide bonds. The van der Waals surface area contributed by atoms with Crippen LogP contribution in [0, 0.1) is 3.57 Å². The van der Waals surface area contributed by atoms with Gasteiger partial charge >= 0.3 is 0 Å². The van der Waals surface area contributed by atoms with Gasteiger partial charge in [0.1, 0.15) is 5.75 Å². The summed E-state index contributed by atoms with van der Waals surface area (Å²) < 4.78 is 0.947. The van der Waals surface area contributed by atoms with Crippen molar-refractivity contribution in [2.45, 2.75) is 19.8 Å². The van der Waals surface area contributed by atoms with E-state index in [1.807, 2.05) is 0 Å². The third kappa shape index (κ3) is 4.42. The zero-order valence-electron chi connectivity index (χ0n) is 10.3. The average molecular weight is 426 g/mol. The van der Waals surface area contributed by atoms with Gasteiger partial charge in [-0.15, -0.1) is 0 Å². The molecule has 0 unspecified atom stereocenters. The van der Waals surface area contributed by atoms with Crippen molar-refractivity contribution in [1.82, 2.24) is 4.90 Å². The molecule has 3 nitrogen and oxygen atoms in total. The molecule has 0 aliphatic heterocycles. The van der Waals surface area contributed by atoms with Gasteiger partial charge in [-0.3, -0.25) is 4.79 Å². The zero-order valence-corrected chi connectivity index (χ0v) is 14.1. The molecule has 0 bridgehead atoms. The van der Waals surface area contributed by atoms with E-state index in [4.69, 9.17) is 0 Å². The number of alkyl halides is 1. The van der Waals surface area contributed by atoms with E-state index in [0.29, 0.717) is 12.1 Å². The first-order valence-electron chi connectivity index (χ1n) is 5.94. The maximum absolute atomic E-state index is 12.4. The van der Waals surface area contributed by atoms with Crippen molar-refractivity contribution in [1.29, 1.82) is 0 Å². The molecule has 0 aliphatic rings. The highest BCUT2D eigenvalue weighted by atomic mass is 127. The largest absolute Gasteiger partial charge is 0.507 e. The van der Waals surface area contributed by atoms with Crippen LogP contribution >= 0.6 is 38.5 Å². The fraction of sp³-hybridized carbons (Fsp3) is 0.462. The van der Waals surface area contributed by atoms with Gasteiger partial charge in [-0.05, 0) is 47.2 Å². The Morgan fingerprint density at radius 3 is 2.78 bits per heavy atom. The van der Waals surface area contributed by atoms with Crippen molar-refractivity contribution in [2.75, 3.05) is 18.4 Å². The molecule has 18 heavy (non-hydrogen) atoms. The molecule has 0 saturated heterocycles. The predicted molar refractivity (Wildman–Crippen MR) is 85.4 cm³/mol. The van der Waals surface area contributed by atoms with Crippen molar-refractivity contribution in [3.8, 4) is 5.75 Å². The van der Waals surface area contributed by atoms with Gasteiger partial charge in [0.2, 0.25) is 0 Å². The molecule has 1 aromatic rings. The molecule has 100 valence electrons. The van der Waals surface area contributed by atoms with Crippen molar-refractivity contribution in [3.63, 3.8) is 0 Å². The van der Waals surface area contributed by atoms with Crippen LogP contribution < -0.4 is 0 Å². The average Bonchev–Trinajstić information content (AvgIpc) is 2.36. The number of halogens is 2. The zero-order chi connectivity index (χ0) is 13.5. The van der Waals surface area contributed by atoms with Crippen LogP contribution in [0.5, 0.6) is 5.75 Å². The van der Waals surface area contributed by atoms with Gasteiger partial charge in [0, 0.05) is 22.0 Å². The van der Waals surface area contributed by atoms with E-state index in [9.17, 15) is 9.90 Å². The number of nitrogens with zero attached hydrogens (tertiary/aromatic N) is 1. The first kappa shape index (κ1) is 15.8. The molecule has 0 spiro atoms. The minimum atomic E-state index is -0.0982. The number of carbonyl (C=O) groups is 1. The van der Waals surface area contributed by atoms with Gasteiger partial charge in [-0.25, -0.2) is 0 Å². The molecule has 1 rings (SSSR count). The van der Waals surface area contributed by atoms with E-state index >= 15 is 0 Å². The summed E-state index contributed by atoms with van der Waals surface area (Å²) in [5, 5.41) is 10.5. The highest BCUT2D eigenvalue weighted by Gasteiger charge is 2.18. The second-order valence-electron chi connectivity index (χ2n) is 4.00. The summed E-state index contributed by atoms with van der Waals surface area (Å²) in [4.78, 5) is 14.1. The van der Waals surface area contributed by atoms with Crippen LogP contribution in [0.4, 0.5) is 0 Å². The summed E-state index contributed by atoms with van der Waals surface area (Å²) in [6.45, 7) is 3.48. The lowest BCUT2D eigenvalue weighted by Gasteiger charge is -2.22. The normalized spacial score (nSPS) is 10.4. The number of benzene rings is 1. The number of hydrogen-bond acceptors (Lipinski definition) is 2. The number of unbranched alkanes of at least 4 members (excludes halogenated alkanes) is 1. The lowest BCUT2D eigenvalue weighted by atomic mass is 10.1. The van der Waals surface area contributed by atoms with Crippen LogP contribution in [0.25, 0.3) is 0 Å². The van der Waals surface area contributed by atoms with Gasteiger partial charge in [-0.2, -0.15) is 0 Å². The molecular weight excluding hydrogens is 409 g/mol. The highest BCUT2D eigenvalue weighted by Crippen LogP contribution is 2.21. The molecule has 0 fully saturated rings. The summed E-state index contributed by atoms with van der Waals surface area (Å²) in [5.41, 5.74) is 0.388. The Balaban J connectivity index is 2.90. The highest BCUT2D eigenvalue weighted by molar-refractivity contribution is 14.1. The summed E-state index contributed by atoms with van der Waals surface area (Å²) in [7, 11) is 0. The van der Waals surface area contributed by atoms with E-state index in [2.05, 4.69) is 45.4 Å². The maximum Gasteiger partial charge on any atom is 0.257 e. The minimum Gasteiger partial charge on any atom is -0.507 e. The topological polar surface area (TPSA) is 40.5 Å². The van der Waals surface area contributed by atoms with Gasteiger partial charge in [0.05, 0.1) is 5.56 Å².